The number of amides is 1. The molecule has 1 aliphatic rings. The molecular formula is C13H14N2O4S. The van der Waals surface area contributed by atoms with Crippen LogP contribution in [0.1, 0.15) is 6.92 Å². The van der Waals surface area contributed by atoms with Gasteiger partial charge in [-0.05, 0) is 25.1 Å². The molecule has 0 bridgehead atoms. The van der Waals surface area contributed by atoms with Crippen molar-refractivity contribution in [3.8, 4) is 0 Å². The monoisotopic (exact) mass is 294 g/mol. The van der Waals surface area contributed by atoms with Gasteiger partial charge in [-0.25, -0.2) is 9.59 Å². The number of anilines is 2. The minimum absolute atomic E-state index is 0.305. The van der Waals surface area contributed by atoms with Gasteiger partial charge in [-0.1, -0.05) is 11.8 Å². The van der Waals surface area contributed by atoms with Crippen molar-refractivity contribution >= 4 is 35.2 Å². The number of nitrogens with zero attached hydrogens (tertiary/aromatic N) is 1. The number of benzene rings is 1. The fraction of sp³-hybridized carbons (Fsp3) is 0.231. The van der Waals surface area contributed by atoms with Crippen LogP contribution in [0.25, 0.3) is 0 Å². The average Bonchev–Trinajstić information content (AvgIpc) is 2.65. The molecule has 7 heteroatoms. The first-order valence-electron chi connectivity index (χ1n) is 5.95. The van der Waals surface area contributed by atoms with E-state index in [1.54, 1.807) is 31.0 Å². The number of ether oxygens (including phenoxy) is 1. The standard InChI is InChI=1S/C13H14N2O4S/c1-3-19-13(18)14-8-4-5-9-10(6-8)20-11(15(9)2)7-12(16)17/h4-7H,3H2,1-2H3,(H,14,18)(H,16,17). The van der Waals surface area contributed by atoms with Crippen LogP contribution in [0, 0.1) is 0 Å². The third-order valence-electron chi connectivity index (χ3n) is 2.64. The molecule has 0 saturated carbocycles. The largest absolute Gasteiger partial charge is 0.478 e. The molecule has 1 aromatic rings. The fourth-order valence-corrected chi connectivity index (χ4v) is 2.88. The summed E-state index contributed by atoms with van der Waals surface area (Å²) in [5.41, 5.74) is 1.51. The summed E-state index contributed by atoms with van der Waals surface area (Å²) < 4.78 is 4.80. The zero-order valence-corrected chi connectivity index (χ0v) is 11.9. The predicted molar refractivity (Wildman–Crippen MR) is 77.1 cm³/mol. The number of carbonyl (C=O) groups is 2. The van der Waals surface area contributed by atoms with Gasteiger partial charge in [-0.15, -0.1) is 0 Å². The molecule has 0 atom stereocenters. The first-order valence-corrected chi connectivity index (χ1v) is 6.77. The summed E-state index contributed by atoms with van der Waals surface area (Å²) in [6.07, 6.45) is 0.647. The van der Waals surface area contributed by atoms with Crippen LogP contribution >= 0.6 is 11.8 Å². The van der Waals surface area contributed by atoms with Gasteiger partial charge in [-0.2, -0.15) is 0 Å². The quantitative estimate of drug-likeness (QED) is 0.834. The highest BCUT2D eigenvalue weighted by Gasteiger charge is 2.23. The van der Waals surface area contributed by atoms with Gasteiger partial charge < -0.3 is 14.7 Å². The Hall–Kier alpha value is -2.15. The highest BCUT2D eigenvalue weighted by atomic mass is 32.2. The minimum atomic E-state index is -0.989. The smallest absolute Gasteiger partial charge is 0.411 e. The van der Waals surface area contributed by atoms with E-state index >= 15 is 0 Å². The van der Waals surface area contributed by atoms with Crippen molar-refractivity contribution in [2.75, 3.05) is 23.9 Å². The molecule has 2 rings (SSSR count). The molecule has 0 unspecified atom stereocenters. The van der Waals surface area contributed by atoms with Gasteiger partial charge in [0, 0.05) is 17.6 Å². The van der Waals surface area contributed by atoms with Crippen LogP contribution in [0.4, 0.5) is 16.2 Å². The molecule has 0 saturated heterocycles. The van der Waals surface area contributed by atoms with Crippen LogP contribution in [0.3, 0.4) is 0 Å². The Bertz CT molecular complexity index is 586. The summed E-state index contributed by atoms with van der Waals surface area (Å²) in [6, 6.07) is 5.36. The van der Waals surface area contributed by atoms with Crippen molar-refractivity contribution in [2.24, 2.45) is 0 Å². The number of fused-ring (bicyclic) bond motifs is 1. The summed E-state index contributed by atoms with van der Waals surface area (Å²) in [5, 5.41) is 12.1. The van der Waals surface area contributed by atoms with Crippen molar-refractivity contribution in [3.05, 3.63) is 29.3 Å². The molecule has 6 nitrogen and oxygen atoms in total. The summed E-state index contributed by atoms with van der Waals surface area (Å²) in [7, 11) is 1.80. The Morgan fingerprint density at radius 1 is 1.50 bits per heavy atom. The maximum Gasteiger partial charge on any atom is 0.411 e. The lowest BCUT2D eigenvalue weighted by Gasteiger charge is -2.13. The van der Waals surface area contributed by atoms with Gasteiger partial charge in [0.05, 0.1) is 23.4 Å². The van der Waals surface area contributed by atoms with Crippen molar-refractivity contribution < 1.29 is 19.4 Å². The minimum Gasteiger partial charge on any atom is -0.478 e. The molecule has 20 heavy (non-hydrogen) atoms. The predicted octanol–water partition coefficient (Wildman–Crippen LogP) is 2.72. The summed E-state index contributed by atoms with van der Waals surface area (Å²) in [5.74, 6) is -0.989. The molecule has 1 amide bonds. The van der Waals surface area contributed by atoms with Crippen molar-refractivity contribution in [1.29, 1.82) is 0 Å². The lowest BCUT2D eigenvalue weighted by Crippen LogP contribution is -2.13. The fourth-order valence-electron chi connectivity index (χ4n) is 1.77. The lowest BCUT2D eigenvalue weighted by atomic mass is 10.2. The van der Waals surface area contributed by atoms with E-state index in [0.717, 1.165) is 16.7 Å². The van der Waals surface area contributed by atoms with Crippen molar-refractivity contribution in [3.63, 3.8) is 0 Å². The van der Waals surface area contributed by atoms with Crippen LogP contribution < -0.4 is 10.2 Å². The van der Waals surface area contributed by atoms with E-state index in [1.165, 1.54) is 11.8 Å². The number of carboxylic acid groups (broad SMARTS) is 1. The summed E-state index contributed by atoms with van der Waals surface area (Å²) >= 11 is 1.34. The molecule has 2 N–H and O–H groups in total. The molecule has 0 fully saturated rings. The number of carboxylic acids is 1. The maximum atomic E-state index is 11.3. The zero-order chi connectivity index (χ0) is 14.7. The highest BCUT2D eigenvalue weighted by Crippen LogP contribution is 2.45. The third-order valence-corrected chi connectivity index (χ3v) is 3.78. The third kappa shape index (κ3) is 3.05. The first-order chi connectivity index (χ1) is 9.51. The second kappa shape index (κ2) is 5.87. The van der Waals surface area contributed by atoms with E-state index in [1.807, 2.05) is 6.07 Å². The molecule has 0 spiro atoms. The Morgan fingerprint density at radius 2 is 2.25 bits per heavy atom. The van der Waals surface area contributed by atoms with E-state index in [2.05, 4.69) is 5.32 Å². The van der Waals surface area contributed by atoms with E-state index in [0.29, 0.717) is 17.3 Å². The molecule has 0 radical (unpaired) electrons. The Kier molecular flexibility index (Phi) is 4.19. The second-order valence-corrected chi connectivity index (χ2v) is 5.07. The van der Waals surface area contributed by atoms with Gasteiger partial charge in [0.15, 0.2) is 0 Å². The van der Waals surface area contributed by atoms with Gasteiger partial charge >= 0.3 is 12.1 Å². The molecule has 0 aromatic heterocycles. The van der Waals surface area contributed by atoms with Gasteiger partial charge in [-0.3, -0.25) is 5.32 Å². The molecular weight excluding hydrogens is 280 g/mol. The summed E-state index contributed by atoms with van der Waals surface area (Å²) in [6.45, 7) is 2.04. The van der Waals surface area contributed by atoms with E-state index in [9.17, 15) is 9.59 Å². The molecule has 106 valence electrons. The number of hydrogen-bond donors (Lipinski definition) is 2. The molecule has 1 aromatic carbocycles. The van der Waals surface area contributed by atoms with Crippen LogP contribution in [0.15, 0.2) is 34.2 Å². The zero-order valence-electron chi connectivity index (χ0n) is 11.0. The Morgan fingerprint density at radius 3 is 2.90 bits per heavy atom. The van der Waals surface area contributed by atoms with Crippen LogP contribution in [0.2, 0.25) is 0 Å². The maximum absolute atomic E-state index is 11.3. The SMILES string of the molecule is CCOC(=O)Nc1ccc2c(c1)SC(=CC(=O)O)N2C. The summed E-state index contributed by atoms with van der Waals surface area (Å²) in [4.78, 5) is 24.8. The Balaban J connectivity index is 2.19. The van der Waals surface area contributed by atoms with Crippen LogP contribution in [-0.4, -0.2) is 30.8 Å². The Labute approximate surface area is 120 Å². The number of aliphatic carboxylic acids is 1. The van der Waals surface area contributed by atoms with Crippen molar-refractivity contribution in [1.82, 2.24) is 0 Å². The number of hydrogen-bond acceptors (Lipinski definition) is 5. The first kappa shape index (κ1) is 14.3. The van der Waals surface area contributed by atoms with E-state index in [-0.39, 0.29) is 0 Å². The second-order valence-electron chi connectivity index (χ2n) is 4.01. The molecule has 1 heterocycles. The number of rotatable bonds is 3. The normalized spacial score (nSPS) is 15.1. The number of thioether (sulfide) groups is 1. The van der Waals surface area contributed by atoms with Gasteiger partial charge in [0.1, 0.15) is 0 Å². The highest BCUT2D eigenvalue weighted by molar-refractivity contribution is 8.03. The number of nitrogens with one attached hydrogen (secondary N) is 1. The van der Waals surface area contributed by atoms with E-state index < -0.39 is 12.1 Å². The number of carbonyl (C=O) groups excluding carboxylic acids is 1. The topological polar surface area (TPSA) is 78.9 Å². The van der Waals surface area contributed by atoms with Crippen molar-refractivity contribution in [2.45, 2.75) is 11.8 Å². The average molecular weight is 294 g/mol. The van der Waals surface area contributed by atoms with Gasteiger partial charge in [0.2, 0.25) is 0 Å². The molecule has 0 aliphatic carbocycles. The lowest BCUT2D eigenvalue weighted by molar-refractivity contribution is -0.131. The van der Waals surface area contributed by atoms with Gasteiger partial charge in [0.25, 0.3) is 0 Å². The van der Waals surface area contributed by atoms with Crippen LogP contribution in [-0.2, 0) is 9.53 Å². The van der Waals surface area contributed by atoms with E-state index in [4.69, 9.17) is 9.84 Å². The van der Waals surface area contributed by atoms with Crippen LogP contribution in [0.5, 0.6) is 0 Å². The molecule has 1 aliphatic heterocycles.